The highest BCUT2D eigenvalue weighted by atomic mass is 19.1. The Morgan fingerprint density at radius 2 is 2.04 bits per heavy atom. The third kappa shape index (κ3) is 7.10. The number of hydrogen-bond donors (Lipinski definition) is 2. The highest BCUT2D eigenvalue weighted by Gasteiger charge is 2.29. The molecule has 0 fully saturated rings. The van der Waals surface area contributed by atoms with Gasteiger partial charge in [-0.1, -0.05) is 12.1 Å². The number of rotatable bonds is 10. The number of para-hydroxylation sites is 1. The second-order valence-electron chi connectivity index (χ2n) is 5.49. The highest BCUT2D eigenvalue weighted by molar-refractivity contribution is 5.78. The maximum atomic E-state index is 13.3. The number of carbonyl (C=O) groups is 2. The third-order valence-corrected chi connectivity index (χ3v) is 3.09. The molecule has 0 aliphatic heterocycles. The van der Waals surface area contributed by atoms with E-state index in [4.69, 9.17) is 14.6 Å². The lowest BCUT2D eigenvalue weighted by atomic mass is 9.98. The lowest BCUT2D eigenvalue weighted by Gasteiger charge is -2.28. The first kappa shape index (κ1) is 18.9. The molecule has 1 aromatic rings. The summed E-state index contributed by atoms with van der Waals surface area (Å²) in [6, 6.07) is 6.03. The number of carboxylic acids is 1. The summed E-state index contributed by atoms with van der Waals surface area (Å²) < 4.78 is 23.5. The average Bonchev–Trinajstić information content (AvgIpc) is 2.44. The molecule has 1 atom stereocenters. The number of methoxy groups -OCH3 is 1. The van der Waals surface area contributed by atoms with E-state index in [2.05, 4.69) is 5.32 Å². The average molecular weight is 327 g/mol. The minimum Gasteiger partial charge on any atom is -0.491 e. The number of ether oxygens (including phenoxy) is 2. The zero-order valence-corrected chi connectivity index (χ0v) is 13.3. The molecule has 6 nitrogen and oxygen atoms in total. The van der Waals surface area contributed by atoms with Crippen LogP contribution in [0.1, 0.15) is 26.2 Å². The molecule has 0 aromatic heterocycles. The number of carbonyl (C=O) groups excluding carboxylic acids is 1. The number of halogens is 1. The molecule has 1 rings (SSSR count). The summed E-state index contributed by atoms with van der Waals surface area (Å²) in [7, 11) is 1.44. The highest BCUT2D eigenvalue weighted by Crippen LogP contribution is 2.16. The molecule has 0 aliphatic rings. The predicted molar refractivity (Wildman–Crippen MR) is 81.8 cm³/mol. The molecule has 2 N–H and O–H groups in total. The summed E-state index contributed by atoms with van der Waals surface area (Å²) in [4.78, 5) is 22.8. The molecule has 1 aromatic carbocycles. The van der Waals surface area contributed by atoms with Crippen molar-refractivity contribution in [1.82, 2.24) is 5.32 Å². The van der Waals surface area contributed by atoms with Crippen molar-refractivity contribution in [2.24, 2.45) is 0 Å². The van der Waals surface area contributed by atoms with Crippen LogP contribution in [0.25, 0.3) is 0 Å². The van der Waals surface area contributed by atoms with Crippen molar-refractivity contribution in [3.63, 3.8) is 0 Å². The summed E-state index contributed by atoms with van der Waals surface area (Å²) in [5.74, 6) is -1.63. The summed E-state index contributed by atoms with van der Waals surface area (Å²) >= 11 is 0. The van der Waals surface area contributed by atoms with Crippen LogP contribution in [0.3, 0.4) is 0 Å². The molecule has 0 heterocycles. The normalized spacial score (nSPS) is 13.2. The van der Waals surface area contributed by atoms with Gasteiger partial charge in [-0.2, -0.15) is 0 Å². The Morgan fingerprint density at radius 3 is 2.65 bits per heavy atom. The molecule has 0 bridgehead atoms. The van der Waals surface area contributed by atoms with E-state index >= 15 is 0 Å². The number of amides is 1. The minimum absolute atomic E-state index is 0.0940. The Kier molecular flexibility index (Phi) is 7.47. The molecule has 0 saturated heterocycles. The standard InChI is InChI=1S/C16H22FNO5/c1-16(11-22-2,10-15(20)21)18-14(19)8-5-9-23-13-7-4-3-6-12(13)17/h3-4,6-7H,5,8-11H2,1-2H3,(H,18,19)(H,20,21)/t16-/m0/s1. The molecular weight excluding hydrogens is 305 g/mol. The Hall–Kier alpha value is -2.15. The van der Waals surface area contributed by atoms with Crippen LogP contribution in [0.4, 0.5) is 4.39 Å². The van der Waals surface area contributed by atoms with E-state index in [9.17, 15) is 14.0 Å². The summed E-state index contributed by atoms with van der Waals surface area (Å²) in [6.45, 7) is 1.89. The SMILES string of the molecule is COC[C@](C)(CC(=O)O)NC(=O)CCCOc1ccccc1F. The van der Waals surface area contributed by atoms with E-state index in [1.165, 1.54) is 19.2 Å². The van der Waals surface area contributed by atoms with Gasteiger partial charge in [0.2, 0.25) is 5.91 Å². The van der Waals surface area contributed by atoms with Crippen molar-refractivity contribution in [2.75, 3.05) is 20.3 Å². The number of aliphatic carboxylic acids is 1. The van der Waals surface area contributed by atoms with Crippen molar-refractivity contribution in [1.29, 1.82) is 0 Å². The van der Waals surface area contributed by atoms with Gasteiger partial charge in [0.1, 0.15) is 0 Å². The van der Waals surface area contributed by atoms with Gasteiger partial charge in [-0.15, -0.1) is 0 Å². The minimum atomic E-state index is -1.02. The topological polar surface area (TPSA) is 84.9 Å². The molecule has 128 valence electrons. The number of hydrogen-bond acceptors (Lipinski definition) is 4. The first-order chi connectivity index (χ1) is 10.9. The van der Waals surface area contributed by atoms with Gasteiger partial charge in [0.05, 0.1) is 25.2 Å². The van der Waals surface area contributed by atoms with Crippen LogP contribution in [0, 0.1) is 5.82 Å². The Labute approximate surface area is 134 Å². The lowest BCUT2D eigenvalue weighted by Crippen LogP contribution is -2.50. The van der Waals surface area contributed by atoms with Crippen molar-refractivity contribution >= 4 is 11.9 Å². The summed E-state index contributed by atoms with van der Waals surface area (Å²) in [5.41, 5.74) is -0.968. The Balaban J connectivity index is 2.38. The molecule has 0 aliphatic carbocycles. The van der Waals surface area contributed by atoms with E-state index in [0.717, 1.165) is 0 Å². The van der Waals surface area contributed by atoms with Crippen molar-refractivity contribution in [2.45, 2.75) is 31.7 Å². The largest absolute Gasteiger partial charge is 0.491 e. The van der Waals surface area contributed by atoms with E-state index in [1.807, 2.05) is 0 Å². The fourth-order valence-corrected chi connectivity index (χ4v) is 2.16. The van der Waals surface area contributed by atoms with Gasteiger partial charge in [0, 0.05) is 13.5 Å². The van der Waals surface area contributed by atoms with Gasteiger partial charge >= 0.3 is 5.97 Å². The van der Waals surface area contributed by atoms with Gasteiger partial charge in [0.25, 0.3) is 0 Å². The number of nitrogens with one attached hydrogen (secondary N) is 1. The van der Waals surface area contributed by atoms with Crippen LogP contribution >= 0.6 is 0 Å². The quantitative estimate of drug-likeness (QED) is 0.642. The zero-order valence-electron chi connectivity index (χ0n) is 13.3. The van der Waals surface area contributed by atoms with Crippen LogP contribution in [-0.2, 0) is 14.3 Å². The van der Waals surface area contributed by atoms with Gasteiger partial charge < -0.3 is 19.9 Å². The van der Waals surface area contributed by atoms with E-state index < -0.39 is 17.3 Å². The molecular formula is C16H22FNO5. The van der Waals surface area contributed by atoms with Crippen molar-refractivity contribution in [3.05, 3.63) is 30.1 Å². The second kappa shape index (κ2) is 9.09. The fourth-order valence-electron chi connectivity index (χ4n) is 2.16. The van der Waals surface area contributed by atoms with E-state index in [-0.39, 0.29) is 37.7 Å². The first-order valence-electron chi connectivity index (χ1n) is 7.25. The number of benzene rings is 1. The molecule has 0 saturated carbocycles. The maximum Gasteiger partial charge on any atom is 0.305 e. The maximum absolute atomic E-state index is 13.3. The molecule has 23 heavy (non-hydrogen) atoms. The van der Waals surface area contributed by atoms with Crippen LogP contribution in [-0.4, -0.2) is 42.8 Å². The lowest BCUT2D eigenvalue weighted by molar-refractivity contribution is -0.139. The second-order valence-corrected chi connectivity index (χ2v) is 5.49. The van der Waals surface area contributed by atoms with E-state index in [0.29, 0.717) is 6.42 Å². The summed E-state index contributed by atoms with van der Waals surface area (Å²) in [6.07, 6.45) is 0.294. The first-order valence-corrected chi connectivity index (χ1v) is 7.25. The molecule has 0 radical (unpaired) electrons. The molecule has 7 heteroatoms. The van der Waals surface area contributed by atoms with Crippen LogP contribution in [0.15, 0.2) is 24.3 Å². The molecule has 1 amide bonds. The smallest absolute Gasteiger partial charge is 0.305 e. The molecule has 0 spiro atoms. The van der Waals surface area contributed by atoms with Gasteiger partial charge in [0.15, 0.2) is 11.6 Å². The zero-order chi connectivity index (χ0) is 17.3. The van der Waals surface area contributed by atoms with Crippen molar-refractivity contribution < 1.29 is 28.6 Å². The van der Waals surface area contributed by atoms with Crippen molar-refractivity contribution in [3.8, 4) is 5.75 Å². The third-order valence-electron chi connectivity index (χ3n) is 3.09. The van der Waals surface area contributed by atoms with Gasteiger partial charge in [-0.05, 0) is 25.5 Å². The van der Waals surface area contributed by atoms with Crippen LogP contribution < -0.4 is 10.1 Å². The Bertz CT molecular complexity index is 537. The van der Waals surface area contributed by atoms with Crippen LogP contribution in [0.2, 0.25) is 0 Å². The van der Waals surface area contributed by atoms with Crippen LogP contribution in [0.5, 0.6) is 5.75 Å². The Morgan fingerprint density at radius 1 is 1.35 bits per heavy atom. The monoisotopic (exact) mass is 327 g/mol. The molecule has 0 unspecified atom stereocenters. The fraction of sp³-hybridized carbons (Fsp3) is 0.500. The summed E-state index contributed by atoms with van der Waals surface area (Å²) in [5, 5.41) is 11.6. The van der Waals surface area contributed by atoms with E-state index in [1.54, 1.807) is 19.1 Å². The number of carboxylic acid groups (broad SMARTS) is 1. The van der Waals surface area contributed by atoms with Gasteiger partial charge in [-0.3, -0.25) is 9.59 Å². The predicted octanol–water partition coefficient (Wildman–Crippen LogP) is 1.98. The van der Waals surface area contributed by atoms with Gasteiger partial charge in [-0.25, -0.2) is 4.39 Å².